The van der Waals surface area contributed by atoms with Crippen molar-refractivity contribution in [3.8, 4) is 5.75 Å². The number of hydrogen-bond donors (Lipinski definition) is 0. The Kier molecular flexibility index (Phi) is 4.15. The van der Waals surface area contributed by atoms with Crippen LogP contribution in [0.15, 0.2) is 54.6 Å². The minimum Gasteiger partial charge on any atom is -0.427 e. The summed E-state index contributed by atoms with van der Waals surface area (Å²) in [6.07, 6.45) is 3.74. The molecule has 114 valence electrons. The standard InChI is InChI=1S/C19H14FNO2/c1-13(22)23-18-4-2-3-14(11-18)5-8-17-9-6-15-12-16(20)7-10-19(15)21-17/h2-12H,1H3/b8-5+. The van der Waals surface area contributed by atoms with Crippen molar-refractivity contribution in [3.63, 3.8) is 0 Å². The number of rotatable bonds is 3. The summed E-state index contributed by atoms with van der Waals surface area (Å²) in [6.45, 7) is 1.37. The van der Waals surface area contributed by atoms with Crippen LogP contribution in [0.5, 0.6) is 5.75 Å². The molecule has 0 N–H and O–H groups in total. The SMILES string of the molecule is CC(=O)Oc1cccc(/C=C/c2ccc3cc(F)ccc3n2)c1. The molecule has 0 amide bonds. The van der Waals surface area contributed by atoms with E-state index >= 15 is 0 Å². The first kappa shape index (κ1) is 14.9. The van der Waals surface area contributed by atoms with Gasteiger partial charge in [0, 0.05) is 12.3 Å². The van der Waals surface area contributed by atoms with Gasteiger partial charge >= 0.3 is 5.97 Å². The molecule has 1 aromatic heterocycles. The van der Waals surface area contributed by atoms with Crippen molar-refractivity contribution in [3.05, 3.63) is 71.7 Å². The fourth-order valence-electron chi connectivity index (χ4n) is 2.23. The lowest BCUT2D eigenvalue weighted by Crippen LogP contribution is -2.00. The van der Waals surface area contributed by atoms with E-state index in [4.69, 9.17) is 4.74 Å². The number of ether oxygens (including phenoxy) is 1. The van der Waals surface area contributed by atoms with Crippen LogP contribution in [0, 0.1) is 5.82 Å². The van der Waals surface area contributed by atoms with Gasteiger partial charge in [0.05, 0.1) is 11.2 Å². The van der Waals surface area contributed by atoms with Gasteiger partial charge < -0.3 is 4.74 Å². The second kappa shape index (κ2) is 6.40. The molecule has 2 aromatic carbocycles. The van der Waals surface area contributed by atoms with E-state index in [0.29, 0.717) is 5.75 Å². The molecule has 3 rings (SSSR count). The van der Waals surface area contributed by atoms with Crippen LogP contribution in [0.2, 0.25) is 0 Å². The highest BCUT2D eigenvalue weighted by atomic mass is 19.1. The number of pyridine rings is 1. The average molecular weight is 307 g/mol. The molecule has 0 saturated carbocycles. The van der Waals surface area contributed by atoms with Gasteiger partial charge in [-0.3, -0.25) is 4.79 Å². The quantitative estimate of drug-likeness (QED) is 0.529. The summed E-state index contributed by atoms with van der Waals surface area (Å²) in [4.78, 5) is 15.4. The van der Waals surface area contributed by atoms with E-state index in [9.17, 15) is 9.18 Å². The van der Waals surface area contributed by atoms with Crippen LogP contribution in [-0.4, -0.2) is 11.0 Å². The van der Waals surface area contributed by atoms with E-state index in [1.165, 1.54) is 19.1 Å². The Morgan fingerprint density at radius 3 is 2.78 bits per heavy atom. The fraction of sp³-hybridized carbons (Fsp3) is 0.0526. The van der Waals surface area contributed by atoms with E-state index in [-0.39, 0.29) is 11.8 Å². The lowest BCUT2D eigenvalue weighted by molar-refractivity contribution is -0.131. The predicted octanol–water partition coefficient (Wildman–Crippen LogP) is 4.47. The highest BCUT2D eigenvalue weighted by molar-refractivity contribution is 5.81. The number of carbonyl (C=O) groups is 1. The molecule has 3 aromatic rings. The van der Waals surface area contributed by atoms with Gasteiger partial charge in [-0.15, -0.1) is 0 Å². The molecule has 0 radical (unpaired) electrons. The lowest BCUT2D eigenvalue weighted by atomic mass is 10.1. The van der Waals surface area contributed by atoms with E-state index < -0.39 is 0 Å². The van der Waals surface area contributed by atoms with Crippen molar-refractivity contribution < 1.29 is 13.9 Å². The van der Waals surface area contributed by atoms with Gasteiger partial charge in [-0.2, -0.15) is 0 Å². The first-order valence-corrected chi connectivity index (χ1v) is 7.13. The van der Waals surface area contributed by atoms with Gasteiger partial charge in [0.1, 0.15) is 11.6 Å². The third-order valence-electron chi connectivity index (χ3n) is 3.24. The number of aromatic nitrogens is 1. The maximum atomic E-state index is 13.2. The van der Waals surface area contributed by atoms with Crippen LogP contribution in [-0.2, 0) is 4.79 Å². The molecule has 0 aliphatic rings. The zero-order valence-corrected chi connectivity index (χ0v) is 12.5. The van der Waals surface area contributed by atoms with Crippen molar-refractivity contribution in [1.29, 1.82) is 0 Å². The third kappa shape index (κ3) is 3.80. The highest BCUT2D eigenvalue weighted by Gasteiger charge is 2.00. The van der Waals surface area contributed by atoms with Crippen LogP contribution >= 0.6 is 0 Å². The number of nitrogens with zero attached hydrogens (tertiary/aromatic N) is 1. The van der Waals surface area contributed by atoms with Gasteiger partial charge in [-0.25, -0.2) is 9.37 Å². The largest absolute Gasteiger partial charge is 0.427 e. The Bertz CT molecular complexity index is 903. The van der Waals surface area contributed by atoms with Gasteiger partial charge in [-0.05, 0) is 48.0 Å². The molecule has 0 spiro atoms. The molecule has 0 saturated heterocycles. The van der Waals surface area contributed by atoms with Gasteiger partial charge in [0.25, 0.3) is 0 Å². The number of esters is 1. The summed E-state index contributed by atoms with van der Waals surface area (Å²) in [5.74, 6) is -0.124. The van der Waals surface area contributed by atoms with Crippen molar-refractivity contribution in [2.24, 2.45) is 0 Å². The van der Waals surface area contributed by atoms with Gasteiger partial charge in [0.2, 0.25) is 0 Å². The number of carbonyl (C=O) groups excluding carboxylic acids is 1. The van der Waals surface area contributed by atoms with Crippen LogP contribution in [0.4, 0.5) is 4.39 Å². The predicted molar refractivity (Wildman–Crippen MR) is 88.4 cm³/mol. The van der Waals surface area contributed by atoms with Gasteiger partial charge in [0.15, 0.2) is 0 Å². The van der Waals surface area contributed by atoms with Crippen molar-refractivity contribution in [1.82, 2.24) is 4.98 Å². The number of halogens is 1. The molecule has 0 aliphatic carbocycles. The Balaban J connectivity index is 1.85. The first-order valence-electron chi connectivity index (χ1n) is 7.13. The van der Waals surface area contributed by atoms with Crippen LogP contribution in [0.25, 0.3) is 23.1 Å². The number of hydrogen-bond acceptors (Lipinski definition) is 3. The van der Waals surface area contributed by atoms with E-state index in [1.807, 2.05) is 36.4 Å². The average Bonchev–Trinajstić information content (AvgIpc) is 2.52. The number of fused-ring (bicyclic) bond motifs is 1. The molecule has 0 aliphatic heterocycles. The summed E-state index contributed by atoms with van der Waals surface area (Å²) in [5, 5.41) is 0.763. The Hall–Kier alpha value is -3.01. The van der Waals surface area contributed by atoms with Crippen LogP contribution in [0.3, 0.4) is 0 Å². The van der Waals surface area contributed by atoms with E-state index in [2.05, 4.69) is 4.98 Å². The summed E-state index contributed by atoms with van der Waals surface area (Å²) in [7, 11) is 0. The second-order valence-corrected chi connectivity index (χ2v) is 5.07. The molecule has 3 nitrogen and oxygen atoms in total. The molecule has 4 heteroatoms. The molecular weight excluding hydrogens is 293 g/mol. The summed E-state index contributed by atoms with van der Waals surface area (Å²) >= 11 is 0. The summed E-state index contributed by atoms with van der Waals surface area (Å²) < 4.78 is 18.2. The maximum absolute atomic E-state index is 13.2. The van der Waals surface area contributed by atoms with Crippen molar-refractivity contribution >= 4 is 29.0 Å². The minimum absolute atomic E-state index is 0.273. The highest BCUT2D eigenvalue weighted by Crippen LogP contribution is 2.18. The smallest absolute Gasteiger partial charge is 0.308 e. The monoisotopic (exact) mass is 307 g/mol. The molecule has 0 bridgehead atoms. The lowest BCUT2D eigenvalue weighted by Gasteiger charge is -2.02. The normalized spacial score (nSPS) is 11.0. The number of benzene rings is 2. The molecule has 0 atom stereocenters. The van der Waals surface area contributed by atoms with Gasteiger partial charge in [-0.1, -0.05) is 24.3 Å². The zero-order chi connectivity index (χ0) is 16.2. The Morgan fingerprint density at radius 1 is 1.09 bits per heavy atom. The second-order valence-electron chi connectivity index (χ2n) is 5.07. The summed E-state index contributed by atoms with van der Waals surface area (Å²) in [5.41, 5.74) is 2.40. The Labute approximate surface area is 133 Å². The van der Waals surface area contributed by atoms with E-state index in [0.717, 1.165) is 22.2 Å². The molecule has 1 heterocycles. The zero-order valence-electron chi connectivity index (χ0n) is 12.5. The van der Waals surface area contributed by atoms with Crippen LogP contribution in [0.1, 0.15) is 18.2 Å². The molecule has 0 unspecified atom stereocenters. The molecular formula is C19H14FNO2. The fourth-order valence-corrected chi connectivity index (χ4v) is 2.23. The minimum atomic E-state index is -0.352. The molecule has 23 heavy (non-hydrogen) atoms. The third-order valence-corrected chi connectivity index (χ3v) is 3.24. The Morgan fingerprint density at radius 2 is 1.96 bits per heavy atom. The summed E-state index contributed by atoms with van der Waals surface area (Å²) in [6, 6.07) is 15.4. The van der Waals surface area contributed by atoms with Crippen LogP contribution < -0.4 is 4.74 Å². The topological polar surface area (TPSA) is 39.2 Å². The van der Waals surface area contributed by atoms with Crippen molar-refractivity contribution in [2.45, 2.75) is 6.92 Å². The first-order chi connectivity index (χ1) is 11.1. The molecule has 0 fully saturated rings. The van der Waals surface area contributed by atoms with Crippen molar-refractivity contribution in [2.75, 3.05) is 0 Å². The van der Waals surface area contributed by atoms with E-state index in [1.54, 1.807) is 18.2 Å². The maximum Gasteiger partial charge on any atom is 0.308 e.